The van der Waals surface area contributed by atoms with Crippen molar-refractivity contribution in [2.24, 2.45) is 0 Å². The van der Waals surface area contributed by atoms with Crippen LogP contribution in [0.4, 0.5) is 5.82 Å². The topological polar surface area (TPSA) is 71.8 Å². The number of rotatable bonds is 7. The van der Waals surface area contributed by atoms with Gasteiger partial charge in [-0.2, -0.15) is 5.10 Å². The average molecular weight is 273 g/mol. The lowest BCUT2D eigenvalue weighted by Crippen LogP contribution is -2.27. The molecular formula is C14H19N5O. The molecule has 2 heterocycles. The predicted molar refractivity (Wildman–Crippen MR) is 77.6 cm³/mol. The molecular weight excluding hydrogens is 254 g/mol. The van der Waals surface area contributed by atoms with Crippen LogP contribution in [0, 0.1) is 0 Å². The van der Waals surface area contributed by atoms with Crippen LogP contribution in [-0.4, -0.2) is 33.8 Å². The third kappa shape index (κ3) is 4.08. The number of nitrogens with zero attached hydrogens (tertiary/aromatic N) is 3. The number of hydrogen-bond acceptors (Lipinski definition) is 4. The van der Waals surface area contributed by atoms with Crippen molar-refractivity contribution in [3.8, 4) is 0 Å². The summed E-state index contributed by atoms with van der Waals surface area (Å²) in [6, 6.07) is 5.33. The number of anilines is 1. The minimum Gasteiger partial charge on any atom is -0.370 e. The van der Waals surface area contributed by atoms with Crippen molar-refractivity contribution >= 4 is 11.7 Å². The summed E-state index contributed by atoms with van der Waals surface area (Å²) in [6.07, 6.45) is 6.24. The lowest BCUT2D eigenvalue weighted by Gasteiger charge is -2.07. The van der Waals surface area contributed by atoms with Gasteiger partial charge < -0.3 is 10.6 Å². The number of hydrogen-bond donors (Lipinski definition) is 2. The fourth-order valence-corrected chi connectivity index (χ4v) is 1.74. The number of carbonyl (C=O) groups is 1. The number of amides is 1. The van der Waals surface area contributed by atoms with E-state index in [-0.39, 0.29) is 5.91 Å². The van der Waals surface area contributed by atoms with E-state index in [4.69, 9.17) is 0 Å². The van der Waals surface area contributed by atoms with Crippen LogP contribution in [-0.2, 0) is 6.54 Å². The minimum atomic E-state index is -0.0981. The summed E-state index contributed by atoms with van der Waals surface area (Å²) in [5.41, 5.74) is 0.610. The maximum atomic E-state index is 12.0. The molecule has 0 aromatic carbocycles. The molecule has 2 aromatic heterocycles. The van der Waals surface area contributed by atoms with Gasteiger partial charge in [-0.3, -0.25) is 9.48 Å². The summed E-state index contributed by atoms with van der Waals surface area (Å²) in [4.78, 5) is 16.2. The maximum absolute atomic E-state index is 12.0. The number of aromatic nitrogens is 3. The van der Waals surface area contributed by atoms with Crippen molar-refractivity contribution in [1.29, 1.82) is 0 Å². The van der Waals surface area contributed by atoms with E-state index < -0.39 is 0 Å². The molecule has 0 aliphatic carbocycles. The van der Waals surface area contributed by atoms with Gasteiger partial charge in [0.2, 0.25) is 0 Å². The van der Waals surface area contributed by atoms with E-state index in [0.717, 1.165) is 18.8 Å². The first-order chi connectivity index (χ1) is 9.79. The molecule has 0 aliphatic heterocycles. The zero-order valence-electron chi connectivity index (χ0n) is 11.5. The molecule has 1 amide bonds. The third-order valence-electron chi connectivity index (χ3n) is 2.76. The molecule has 6 heteroatoms. The number of nitrogens with one attached hydrogen (secondary N) is 2. The molecule has 2 rings (SSSR count). The molecule has 0 atom stereocenters. The smallest absolute Gasteiger partial charge is 0.251 e. The van der Waals surface area contributed by atoms with Gasteiger partial charge >= 0.3 is 0 Å². The zero-order chi connectivity index (χ0) is 14.2. The van der Waals surface area contributed by atoms with Crippen LogP contribution >= 0.6 is 0 Å². The first-order valence-corrected chi connectivity index (χ1v) is 6.75. The summed E-state index contributed by atoms with van der Waals surface area (Å²) in [5.74, 6) is 0.630. The minimum absolute atomic E-state index is 0.0981. The Hall–Kier alpha value is -2.37. The van der Waals surface area contributed by atoms with Crippen LogP contribution in [0.1, 0.15) is 23.7 Å². The van der Waals surface area contributed by atoms with Crippen LogP contribution in [0.5, 0.6) is 0 Å². The Kier molecular flexibility index (Phi) is 5.11. The van der Waals surface area contributed by atoms with Gasteiger partial charge in [0.25, 0.3) is 5.91 Å². The van der Waals surface area contributed by atoms with Gasteiger partial charge in [-0.05, 0) is 24.6 Å². The molecule has 6 nitrogen and oxygen atoms in total. The molecule has 0 unspecified atom stereocenters. The molecule has 0 saturated heterocycles. The summed E-state index contributed by atoms with van der Waals surface area (Å²) < 4.78 is 1.78. The van der Waals surface area contributed by atoms with Gasteiger partial charge in [-0.15, -0.1) is 0 Å². The monoisotopic (exact) mass is 273 g/mol. The van der Waals surface area contributed by atoms with Crippen molar-refractivity contribution in [2.45, 2.75) is 19.9 Å². The van der Waals surface area contributed by atoms with Gasteiger partial charge in [-0.1, -0.05) is 6.92 Å². The Bertz CT molecular complexity index is 538. The Morgan fingerprint density at radius 1 is 1.35 bits per heavy atom. The largest absolute Gasteiger partial charge is 0.370 e. The second-order valence-corrected chi connectivity index (χ2v) is 4.38. The summed E-state index contributed by atoms with van der Waals surface area (Å²) in [5, 5.41) is 10.1. The molecule has 0 saturated carbocycles. The molecule has 0 aliphatic rings. The fraction of sp³-hybridized carbons (Fsp3) is 0.357. The maximum Gasteiger partial charge on any atom is 0.251 e. The molecule has 0 fully saturated rings. The second-order valence-electron chi connectivity index (χ2n) is 4.38. The van der Waals surface area contributed by atoms with Gasteiger partial charge in [0.05, 0.1) is 6.54 Å². The van der Waals surface area contributed by atoms with Gasteiger partial charge in [-0.25, -0.2) is 4.98 Å². The molecule has 2 N–H and O–H groups in total. The highest BCUT2D eigenvalue weighted by Crippen LogP contribution is 2.06. The van der Waals surface area contributed by atoms with Crippen molar-refractivity contribution in [3.63, 3.8) is 0 Å². The van der Waals surface area contributed by atoms with Crippen LogP contribution in [0.2, 0.25) is 0 Å². The molecule has 106 valence electrons. The lowest BCUT2D eigenvalue weighted by molar-refractivity contribution is 0.0952. The Balaban J connectivity index is 1.85. The van der Waals surface area contributed by atoms with Gasteiger partial charge in [0, 0.05) is 37.2 Å². The predicted octanol–water partition coefficient (Wildman–Crippen LogP) is 1.53. The third-order valence-corrected chi connectivity index (χ3v) is 2.76. The Labute approximate surface area is 118 Å². The highest BCUT2D eigenvalue weighted by atomic mass is 16.1. The molecule has 0 bridgehead atoms. The van der Waals surface area contributed by atoms with Crippen LogP contribution in [0.15, 0.2) is 36.8 Å². The van der Waals surface area contributed by atoms with E-state index >= 15 is 0 Å². The van der Waals surface area contributed by atoms with E-state index in [1.54, 1.807) is 29.2 Å². The summed E-state index contributed by atoms with van der Waals surface area (Å²) >= 11 is 0. The SMILES string of the molecule is CCCNc1cc(C(=O)NCCn2cccn2)ccn1. The van der Waals surface area contributed by atoms with E-state index in [1.165, 1.54) is 0 Å². The summed E-state index contributed by atoms with van der Waals surface area (Å²) in [7, 11) is 0. The van der Waals surface area contributed by atoms with E-state index in [9.17, 15) is 4.79 Å². The van der Waals surface area contributed by atoms with Gasteiger partial charge in [0.1, 0.15) is 5.82 Å². The lowest BCUT2D eigenvalue weighted by atomic mass is 10.2. The highest BCUT2D eigenvalue weighted by molar-refractivity contribution is 5.94. The summed E-state index contributed by atoms with van der Waals surface area (Å²) in [6.45, 7) is 4.13. The van der Waals surface area contributed by atoms with E-state index in [1.807, 2.05) is 12.3 Å². The zero-order valence-corrected chi connectivity index (χ0v) is 11.5. The molecule has 0 spiro atoms. The van der Waals surface area contributed by atoms with Crippen LogP contribution in [0.3, 0.4) is 0 Å². The van der Waals surface area contributed by atoms with Crippen molar-refractivity contribution in [2.75, 3.05) is 18.4 Å². The second kappa shape index (κ2) is 7.28. The first kappa shape index (κ1) is 14.0. The van der Waals surface area contributed by atoms with Crippen LogP contribution < -0.4 is 10.6 Å². The average Bonchev–Trinajstić information content (AvgIpc) is 2.98. The van der Waals surface area contributed by atoms with Crippen molar-refractivity contribution < 1.29 is 4.79 Å². The van der Waals surface area contributed by atoms with Gasteiger partial charge in [0.15, 0.2) is 0 Å². The highest BCUT2D eigenvalue weighted by Gasteiger charge is 2.06. The number of carbonyl (C=O) groups excluding carboxylic acids is 1. The quantitative estimate of drug-likeness (QED) is 0.802. The first-order valence-electron chi connectivity index (χ1n) is 6.75. The van der Waals surface area contributed by atoms with Crippen LogP contribution in [0.25, 0.3) is 0 Å². The fourth-order valence-electron chi connectivity index (χ4n) is 1.74. The standard InChI is InChI=1S/C14H19N5O/c1-2-5-15-13-11-12(4-7-16-13)14(20)17-8-10-19-9-3-6-18-19/h3-4,6-7,9,11H,2,5,8,10H2,1H3,(H,15,16)(H,17,20). The molecule has 0 radical (unpaired) electrons. The Morgan fingerprint density at radius 2 is 2.25 bits per heavy atom. The van der Waals surface area contributed by atoms with E-state index in [0.29, 0.717) is 18.7 Å². The van der Waals surface area contributed by atoms with Crippen molar-refractivity contribution in [1.82, 2.24) is 20.1 Å². The normalized spacial score (nSPS) is 10.2. The Morgan fingerprint density at radius 3 is 3.00 bits per heavy atom. The molecule has 2 aromatic rings. The number of pyridine rings is 1. The van der Waals surface area contributed by atoms with E-state index in [2.05, 4.69) is 27.6 Å². The van der Waals surface area contributed by atoms with Crippen molar-refractivity contribution in [3.05, 3.63) is 42.4 Å². The molecule has 20 heavy (non-hydrogen) atoms.